The highest BCUT2D eigenvalue weighted by atomic mass is 15.1. The van der Waals surface area contributed by atoms with Gasteiger partial charge in [0.25, 0.3) is 0 Å². The van der Waals surface area contributed by atoms with Gasteiger partial charge in [0.1, 0.15) is 0 Å². The Morgan fingerprint density at radius 3 is 1.81 bits per heavy atom. The zero-order chi connectivity index (χ0) is 23.0. The van der Waals surface area contributed by atoms with Crippen molar-refractivity contribution in [1.29, 1.82) is 0 Å². The lowest BCUT2D eigenvalue weighted by Gasteiger charge is -2.33. The van der Waals surface area contributed by atoms with Crippen molar-refractivity contribution in [1.82, 2.24) is 4.90 Å². The fraction of sp³-hybridized carbons (Fsp3) is 0.379. The Hall–Kier alpha value is -2.58. The third-order valence-electron chi connectivity index (χ3n) is 6.24. The molecular weight excluding hydrogens is 376 g/mol. The second kappa shape index (κ2) is 11.7. The normalized spacial score (nSPS) is 16.2. The highest BCUT2D eigenvalue weighted by Crippen LogP contribution is 2.33. The lowest BCUT2D eigenvalue weighted by molar-refractivity contribution is 0.276. The van der Waals surface area contributed by atoms with Crippen LogP contribution in [-0.2, 0) is 6.42 Å². The van der Waals surface area contributed by atoms with Gasteiger partial charge in [-0.05, 0) is 74.9 Å². The van der Waals surface area contributed by atoms with Crippen molar-refractivity contribution < 1.29 is 0 Å². The van der Waals surface area contributed by atoms with Crippen molar-refractivity contribution in [2.75, 3.05) is 31.1 Å². The van der Waals surface area contributed by atoms with E-state index in [0.717, 1.165) is 39.0 Å². The molecular formula is C29H40N2. The summed E-state index contributed by atoms with van der Waals surface area (Å²) in [6.45, 7) is 28.1. The minimum atomic E-state index is 0.413. The number of anilines is 1. The average Bonchev–Trinajstić information content (AvgIpc) is 2.71. The average molecular weight is 417 g/mol. The Morgan fingerprint density at radius 2 is 1.35 bits per heavy atom. The maximum Gasteiger partial charge on any atom is 0.0377 e. The molecule has 0 N–H and O–H groups in total. The summed E-state index contributed by atoms with van der Waals surface area (Å²) in [5, 5.41) is 0. The molecule has 0 fully saturated rings. The molecule has 1 aromatic rings. The number of benzene rings is 1. The largest absolute Gasteiger partial charge is 0.364 e. The molecule has 2 rings (SSSR count). The van der Waals surface area contributed by atoms with E-state index in [-0.39, 0.29) is 0 Å². The molecule has 0 aliphatic heterocycles. The molecule has 0 bridgehead atoms. The van der Waals surface area contributed by atoms with E-state index in [0.29, 0.717) is 6.04 Å². The second-order valence-electron chi connectivity index (χ2n) is 8.63. The van der Waals surface area contributed by atoms with Crippen LogP contribution in [0.5, 0.6) is 0 Å². The van der Waals surface area contributed by atoms with E-state index in [4.69, 9.17) is 0 Å². The molecule has 0 aromatic heterocycles. The second-order valence-corrected chi connectivity index (χ2v) is 8.63. The first-order chi connectivity index (χ1) is 14.9. The molecule has 1 aliphatic carbocycles. The van der Waals surface area contributed by atoms with Crippen LogP contribution < -0.4 is 4.90 Å². The Balaban J connectivity index is 2.29. The number of rotatable bonds is 12. The quantitative estimate of drug-likeness (QED) is 0.348. The van der Waals surface area contributed by atoms with Crippen molar-refractivity contribution in [3.63, 3.8) is 0 Å². The highest BCUT2D eigenvalue weighted by Gasteiger charge is 2.23. The Bertz CT molecular complexity index is 841. The van der Waals surface area contributed by atoms with Gasteiger partial charge in [0.15, 0.2) is 0 Å². The molecule has 2 nitrogen and oxygen atoms in total. The van der Waals surface area contributed by atoms with Crippen LogP contribution in [0, 0.1) is 13.8 Å². The number of allylic oxidation sites excluding steroid dienone is 2. The lowest BCUT2D eigenvalue weighted by Crippen LogP contribution is -2.36. The van der Waals surface area contributed by atoms with Gasteiger partial charge in [-0.1, -0.05) is 41.5 Å². The smallest absolute Gasteiger partial charge is 0.0377 e. The van der Waals surface area contributed by atoms with Crippen molar-refractivity contribution in [2.24, 2.45) is 0 Å². The molecule has 0 spiro atoms. The summed E-state index contributed by atoms with van der Waals surface area (Å²) >= 11 is 0. The van der Waals surface area contributed by atoms with E-state index in [1.165, 1.54) is 39.1 Å². The molecule has 0 saturated carbocycles. The van der Waals surface area contributed by atoms with Gasteiger partial charge in [-0.15, -0.1) is 26.3 Å². The van der Waals surface area contributed by atoms with E-state index in [2.05, 4.69) is 82.0 Å². The van der Waals surface area contributed by atoms with Crippen LogP contribution in [-0.4, -0.2) is 37.1 Å². The minimum Gasteiger partial charge on any atom is -0.364 e. The van der Waals surface area contributed by atoms with Crippen LogP contribution in [0.3, 0.4) is 0 Å². The van der Waals surface area contributed by atoms with Crippen LogP contribution in [0.1, 0.15) is 37.0 Å². The standard InChI is InChI=1S/C29H40N2/c1-9-13-30(14-10-2)26-17-22(5)28(23(6)18-26)21-29-24(7)19-27(20-25(29)8)31(15-11-3)16-12-4/h9-12,17-19,27H,1-4,13-16,20-21H2,5-8H3. The minimum absolute atomic E-state index is 0.413. The van der Waals surface area contributed by atoms with Gasteiger partial charge in [-0.25, -0.2) is 0 Å². The number of aryl methyl sites for hydroxylation is 2. The summed E-state index contributed by atoms with van der Waals surface area (Å²) in [6.07, 6.45) is 12.4. The van der Waals surface area contributed by atoms with Gasteiger partial charge >= 0.3 is 0 Å². The molecule has 1 aromatic carbocycles. The van der Waals surface area contributed by atoms with Gasteiger partial charge < -0.3 is 4.90 Å². The summed E-state index contributed by atoms with van der Waals surface area (Å²) in [5.74, 6) is 0. The zero-order valence-corrected chi connectivity index (χ0v) is 20.1. The van der Waals surface area contributed by atoms with Gasteiger partial charge in [0.2, 0.25) is 0 Å². The molecule has 0 radical (unpaired) electrons. The highest BCUT2D eigenvalue weighted by molar-refractivity contribution is 5.56. The van der Waals surface area contributed by atoms with Crippen molar-refractivity contribution >= 4 is 5.69 Å². The molecule has 166 valence electrons. The summed E-state index contributed by atoms with van der Waals surface area (Å²) < 4.78 is 0. The zero-order valence-electron chi connectivity index (χ0n) is 20.1. The van der Waals surface area contributed by atoms with E-state index in [9.17, 15) is 0 Å². The van der Waals surface area contributed by atoms with Gasteiger partial charge in [-0.3, -0.25) is 4.90 Å². The van der Waals surface area contributed by atoms with Crippen LogP contribution in [0.2, 0.25) is 0 Å². The lowest BCUT2D eigenvalue weighted by atomic mass is 9.83. The first-order valence-corrected chi connectivity index (χ1v) is 11.3. The fourth-order valence-corrected chi connectivity index (χ4v) is 4.63. The summed E-state index contributed by atoms with van der Waals surface area (Å²) in [6, 6.07) is 5.04. The number of hydrogen-bond acceptors (Lipinski definition) is 2. The van der Waals surface area contributed by atoms with Crippen molar-refractivity contribution in [3.05, 3.63) is 102 Å². The Kier molecular flexibility index (Phi) is 9.33. The monoisotopic (exact) mass is 416 g/mol. The topological polar surface area (TPSA) is 6.48 Å². The third-order valence-corrected chi connectivity index (χ3v) is 6.24. The predicted molar refractivity (Wildman–Crippen MR) is 139 cm³/mol. The van der Waals surface area contributed by atoms with Gasteiger partial charge in [0, 0.05) is 37.9 Å². The summed E-state index contributed by atoms with van der Waals surface area (Å²) in [5.41, 5.74) is 9.76. The van der Waals surface area contributed by atoms with Gasteiger partial charge in [-0.2, -0.15) is 0 Å². The molecule has 1 atom stereocenters. The maximum absolute atomic E-state index is 3.93. The van der Waals surface area contributed by atoms with E-state index in [1.54, 1.807) is 0 Å². The summed E-state index contributed by atoms with van der Waals surface area (Å²) in [7, 11) is 0. The van der Waals surface area contributed by atoms with Crippen LogP contribution in [0.15, 0.2) is 85.5 Å². The Labute approximate surface area is 190 Å². The molecule has 2 heteroatoms. The van der Waals surface area contributed by atoms with Crippen molar-refractivity contribution in [2.45, 2.75) is 46.6 Å². The SMILES string of the molecule is C=CCN(CC=C)c1cc(C)c(CC2=C(C)CC(N(CC=C)CC=C)C=C2C)c(C)c1. The van der Waals surface area contributed by atoms with E-state index in [1.807, 2.05) is 24.3 Å². The predicted octanol–water partition coefficient (Wildman–Crippen LogP) is 6.73. The Morgan fingerprint density at radius 1 is 0.839 bits per heavy atom. The maximum atomic E-state index is 3.93. The third kappa shape index (κ3) is 6.21. The number of hydrogen-bond donors (Lipinski definition) is 0. The van der Waals surface area contributed by atoms with Crippen LogP contribution in [0.4, 0.5) is 5.69 Å². The molecule has 0 amide bonds. The summed E-state index contributed by atoms with van der Waals surface area (Å²) in [4.78, 5) is 4.74. The first kappa shape index (κ1) is 24.7. The van der Waals surface area contributed by atoms with E-state index >= 15 is 0 Å². The van der Waals surface area contributed by atoms with Crippen LogP contribution >= 0.6 is 0 Å². The first-order valence-electron chi connectivity index (χ1n) is 11.3. The van der Waals surface area contributed by atoms with Crippen LogP contribution in [0.25, 0.3) is 0 Å². The van der Waals surface area contributed by atoms with Crippen molar-refractivity contribution in [3.8, 4) is 0 Å². The van der Waals surface area contributed by atoms with E-state index < -0.39 is 0 Å². The molecule has 31 heavy (non-hydrogen) atoms. The molecule has 0 saturated heterocycles. The molecule has 1 unspecified atom stereocenters. The molecule has 0 heterocycles. The molecule has 1 aliphatic rings. The fourth-order valence-electron chi connectivity index (χ4n) is 4.63. The number of nitrogens with zero attached hydrogens (tertiary/aromatic N) is 2. The van der Waals surface area contributed by atoms with Gasteiger partial charge in [0.05, 0.1) is 0 Å².